The van der Waals surface area contributed by atoms with E-state index in [-0.39, 0.29) is 23.8 Å². The molecule has 0 aliphatic carbocycles. The van der Waals surface area contributed by atoms with Crippen LogP contribution in [-0.4, -0.2) is 71.7 Å². The minimum atomic E-state index is -0.366. The summed E-state index contributed by atoms with van der Waals surface area (Å²) in [6.45, 7) is 4.45. The van der Waals surface area contributed by atoms with Crippen molar-refractivity contribution >= 4 is 17.7 Å². The summed E-state index contributed by atoms with van der Waals surface area (Å²) in [5, 5.41) is 0. The molecule has 2 aliphatic rings. The summed E-state index contributed by atoms with van der Waals surface area (Å²) in [5.74, 6) is 0.213. The highest BCUT2D eigenvalue weighted by molar-refractivity contribution is 5.88. The molecule has 6 heteroatoms. The Labute approximate surface area is 119 Å². The third-order valence-corrected chi connectivity index (χ3v) is 4.19. The molecule has 0 aromatic rings. The summed E-state index contributed by atoms with van der Waals surface area (Å²) in [6, 6.07) is -0.366. The average Bonchev–Trinajstić information content (AvgIpc) is 2.82. The van der Waals surface area contributed by atoms with Gasteiger partial charge in [0.2, 0.25) is 17.7 Å². The molecule has 6 nitrogen and oxygen atoms in total. The van der Waals surface area contributed by atoms with Crippen LogP contribution in [0.25, 0.3) is 0 Å². The molecule has 0 aromatic heterocycles. The molecule has 20 heavy (non-hydrogen) atoms. The zero-order valence-electron chi connectivity index (χ0n) is 12.3. The molecular formula is C14H23N3O3. The lowest BCUT2D eigenvalue weighted by molar-refractivity contribution is -0.149. The fourth-order valence-electron chi connectivity index (χ4n) is 2.86. The van der Waals surface area contributed by atoms with Gasteiger partial charge >= 0.3 is 0 Å². The van der Waals surface area contributed by atoms with Gasteiger partial charge in [-0.3, -0.25) is 14.4 Å². The van der Waals surface area contributed by atoms with Crippen LogP contribution >= 0.6 is 0 Å². The first-order chi connectivity index (χ1) is 9.50. The number of likely N-dealkylation sites (N-methyl/N-ethyl adjacent to an activating group) is 1. The van der Waals surface area contributed by atoms with E-state index < -0.39 is 0 Å². The van der Waals surface area contributed by atoms with Crippen LogP contribution in [0.4, 0.5) is 0 Å². The second-order valence-corrected chi connectivity index (χ2v) is 5.61. The number of piperazine rings is 1. The molecule has 2 heterocycles. The molecule has 3 amide bonds. The third-order valence-electron chi connectivity index (χ3n) is 4.19. The van der Waals surface area contributed by atoms with Gasteiger partial charge in [-0.15, -0.1) is 0 Å². The Kier molecular flexibility index (Phi) is 4.62. The first-order valence-electron chi connectivity index (χ1n) is 7.33. The van der Waals surface area contributed by atoms with Crippen LogP contribution in [0.5, 0.6) is 0 Å². The predicted molar refractivity (Wildman–Crippen MR) is 73.9 cm³/mol. The molecule has 0 radical (unpaired) electrons. The summed E-state index contributed by atoms with van der Waals surface area (Å²) >= 11 is 0. The van der Waals surface area contributed by atoms with Crippen LogP contribution in [0.15, 0.2) is 0 Å². The summed E-state index contributed by atoms with van der Waals surface area (Å²) < 4.78 is 0. The van der Waals surface area contributed by atoms with Gasteiger partial charge in [0.1, 0.15) is 6.04 Å². The number of amides is 3. The first kappa shape index (κ1) is 14.8. The maximum Gasteiger partial charge on any atom is 0.244 e. The topological polar surface area (TPSA) is 60.9 Å². The van der Waals surface area contributed by atoms with Crippen molar-refractivity contribution in [1.29, 1.82) is 0 Å². The Balaban J connectivity index is 1.77. The maximum absolute atomic E-state index is 12.2. The Hall–Kier alpha value is -1.59. The SMILES string of the molecule is CC1C(=O)N(C)CCN1C(=O)CCCN1CCCC1=O. The predicted octanol–water partition coefficient (Wildman–Crippen LogP) is 0.0781. The smallest absolute Gasteiger partial charge is 0.244 e. The third kappa shape index (κ3) is 3.11. The van der Waals surface area contributed by atoms with E-state index in [9.17, 15) is 14.4 Å². The molecule has 112 valence electrons. The van der Waals surface area contributed by atoms with Crippen LogP contribution < -0.4 is 0 Å². The summed E-state index contributed by atoms with van der Waals surface area (Å²) in [7, 11) is 1.76. The molecule has 0 spiro atoms. The molecule has 2 fully saturated rings. The van der Waals surface area contributed by atoms with E-state index in [4.69, 9.17) is 0 Å². The van der Waals surface area contributed by atoms with Gasteiger partial charge in [-0.05, 0) is 19.8 Å². The average molecular weight is 281 g/mol. The molecule has 2 aliphatic heterocycles. The first-order valence-corrected chi connectivity index (χ1v) is 7.33. The lowest BCUT2D eigenvalue weighted by atomic mass is 10.1. The molecule has 2 saturated heterocycles. The highest BCUT2D eigenvalue weighted by Crippen LogP contribution is 2.14. The standard InChI is InChI=1S/C14H23N3O3/c1-11-14(20)15(2)9-10-17(11)13(19)6-4-8-16-7-3-5-12(16)18/h11H,3-10H2,1-2H3. The van der Waals surface area contributed by atoms with Crippen molar-refractivity contribution in [3.05, 3.63) is 0 Å². The molecule has 0 N–H and O–H groups in total. The Bertz CT molecular complexity index is 410. The van der Waals surface area contributed by atoms with Gasteiger partial charge in [0.15, 0.2) is 0 Å². The van der Waals surface area contributed by atoms with Gasteiger partial charge in [0.05, 0.1) is 0 Å². The number of hydrogen-bond donors (Lipinski definition) is 0. The van der Waals surface area contributed by atoms with Crippen LogP contribution in [-0.2, 0) is 14.4 Å². The second-order valence-electron chi connectivity index (χ2n) is 5.61. The van der Waals surface area contributed by atoms with Crippen LogP contribution in [0.3, 0.4) is 0 Å². The molecular weight excluding hydrogens is 258 g/mol. The Morgan fingerprint density at radius 2 is 2.00 bits per heavy atom. The Morgan fingerprint density at radius 3 is 2.65 bits per heavy atom. The second kappa shape index (κ2) is 6.24. The number of hydrogen-bond acceptors (Lipinski definition) is 3. The number of carbonyl (C=O) groups excluding carboxylic acids is 3. The molecule has 1 unspecified atom stereocenters. The van der Waals surface area contributed by atoms with Crippen LogP contribution in [0.1, 0.15) is 32.6 Å². The normalized spacial score (nSPS) is 23.7. The highest BCUT2D eigenvalue weighted by atomic mass is 16.2. The Morgan fingerprint density at radius 1 is 1.25 bits per heavy atom. The molecule has 0 bridgehead atoms. The van der Waals surface area contributed by atoms with Crippen molar-refractivity contribution < 1.29 is 14.4 Å². The summed E-state index contributed by atoms with van der Waals surface area (Å²) in [4.78, 5) is 40.6. The van der Waals surface area contributed by atoms with E-state index >= 15 is 0 Å². The zero-order valence-corrected chi connectivity index (χ0v) is 12.3. The lowest BCUT2D eigenvalue weighted by Gasteiger charge is -2.37. The molecule has 1 atom stereocenters. The minimum Gasteiger partial charge on any atom is -0.343 e. The molecule has 2 rings (SSSR count). The van der Waals surface area contributed by atoms with Gasteiger partial charge < -0.3 is 14.7 Å². The van der Waals surface area contributed by atoms with Crippen LogP contribution in [0, 0.1) is 0 Å². The molecule has 0 aromatic carbocycles. The largest absolute Gasteiger partial charge is 0.343 e. The highest BCUT2D eigenvalue weighted by Gasteiger charge is 2.32. The molecule has 0 saturated carbocycles. The summed E-state index contributed by atoms with van der Waals surface area (Å²) in [5.41, 5.74) is 0. The van der Waals surface area contributed by atoms with E-state index in [2.05, 4.69) is 0 Å². The number of carbonyl (C=O) groups is 3. The maximum atomic E-state index is 12.2. The monoisotopic (exact) mass is 281 g/mol. The van der Waals surface area contributed by atoms with Crippen LogP contribution in [0.2, 0.25) is 0 Å². The van der Waals surface area contributed by atoms with Gasteiger partial charge in [-0.25, -0.2) is 0 Å². The zero-order chi connectivity index (χ0) is 14.7. The number of likely N-dealkylation sites (tertiary alicyclic amines) is 1. The van der Waals surface area contributed by atoms with Gasteiger partial charge in [0.25, 0.3) is 0 Å². The fourth-order valence-corrected chi connectivity index (χ4v) is 2.86. The van der Waals surface area contributed by atoms with E-state index in [1.165, 1.54) is 0 Å². The summed E-state index contributed by atoms with van der Waals surface area (Å²) in [6.07, 6.45) is 2.65. The van der Waals surface area contributed by atoms with Gasteiger partial charge in [-0.2, -0.15) is 0 Å². The van der Waals surface area contributed by atoms with Crippen molar-refractivity contribution in [2.75, 3.05) is 33.2 Å². The minimum absolute atomic E-state index is 0.000629. The number of rotatable bonds is 4. The van der Waals surface area contributed by atoms with Crippen molar-refractivity contribution in [3.8, 4) is 0 Å². The quantitative estimate of drug-likeness (QED) is 0.733. The fraction of sp³-hybridized carbons (Fsp3) is 0.786. The van der Waals surface area contributed by atoms with E-state index in [0.29, 0.717) is 38.9 Å². The number of nitrogens with zero attached hydrogens (tertiary/aromatic N) is 3. The van der Waals surface area contributed by atoms with Crippen molar-refractivity contribution in [2.24, 2.45) is 0 Å². The van der Waals surface area contributed by atoms with Crippen molar-refractivity contribution in [2.45, 2.75) is 38.6 Å². The van der Waals surface area contributed by atoms with E-state index in [0.717, 1.165) is 13.0 Å². The van der Waals surface area contributed by atoms with Crippen molar-refractivity contribution in [1.82, 2.24) is 14.7 Å². The van der Waals surface area contributed by atoms with Gasteiger partial charge in [0, 0.05) is 46.1 Å². The van der Waals surface area contributed by atoms with E-state index in [1.807, 2.05) is 4.90 Å². The van der Waals surface area contributed by atoms with Gasteiger partial charge in [-0.1, -0.05) is 0 Å². The van der Waals surface area contributed by atoms with Crippen molar-refractivity contribution in [3.63, 3.8) is 0 Å². The lowest BCUT2D eigenvalue weighted by Crippen LogP contribution is -2.56. The van der Waals surface area contributed by atoms with E-state index in [1.54, 1.807) is 23.8 Å².